The summed E-state index contributed by atoms with van der Waals surface area (Å²) in [6.07, 6.45) is 0. The van der Waals surface area contributed by atoms with E-state index in [0.29, 0.717) is 18.1 Å². The molecule has 1 N–H and O–H groups in total. The molecule has 5 heteroatoms. The Kier molecular flexibility index (Phi) is 3.82. The number of rotatable bonds is 3. The zero-order valence-corrected chi connectivity index (χ0v) is 12.1. The number of thiazole rings is 1. The summed E-state index contributed by atoms with van der Waals surface area (Å²) in [6, 6.07) is 7.37. The second-order valence-electron chi connectivity index (χ2n) is 5.27. The van der Waals surface area contributed by atoms with E-state index < -0.39 is 0 Å². The molecule has 0 fully saturated rings. The Balaban J connectivity index is 2.03. The lowest BCUT2D eigenvalue weighted by Gasteiger charge is -2.13. The summed E-state index contributed by atoms with van der Waals surface area (Å²) in [6.45, 7) is 7.08. The van der Waals surface area contributed by atoms with Crippen LogP contribution >= 0.6 is 11.3 Å². The molecular weight excluding hydrogens is 256 g/mol. The van der Waals surface area contributed by atoms with E-state index in [-0.39, 0.29) is 5.41 Å². The van der Waals surface area contributed by atoms with Crippen LogP contribution in [0.15, 0.2) is 23.6 Å². The van der Waals surface area contributed by atoms with E-state index in [9.17, 15) is 0 Å². The van der Waals surface area contributed by atoms with Crippen molar-refractivity contribution in [1.82, 2.24) is 9.97 Å². The van der Waals surface area contributed by atoms with E-state index in [1.54, 1.807) is 17.4 Å². The molecule has 0 aliphatic rings. The summed E-state index contributed by atoms with van der Waals surface area (Å²) >= 11 is 1.68. The second kappa shape index (κ2) is 5.37. The molecule has 0 aliphatic heterocycles. The Morgan fingerprint density at radius 2 is 2.11 bits per heavy atom. The zero-order valence-electron chi connectivity index (χ0n) is 11.3. The van der Waals surface area contributed by atoms with E-state index in [2.05, 4.69) is 41.4 Å². The Morgan fingerprint density at radius 1 is 1.32 bits per heavy atom. The average Bonchev–Trinajstić information content (AvgIpc) is 2.85. The Bertz CT molecular complexity index is 604. The van der Waals surface area contributed by atoms with E-state index in [0.717, 1.165) is 10.7 Å². The number of anilines is 1. The molecule has 4 nitrogen and oxygen atoms in total. The number of aromatic nitrogens is 2. The van der Waals surface area contributed by atoms with Crippen molar-refractivity contribution < 1.29 is 0 Å². The maximum Gasteiger partial charge on any atom is 0.142 e. The summed E-state index contributed by atoms with van der Waals surface area (Å²) in [5, 5.41) is 15.2. The van der Waals surface area contributed by atoms with Crippen LogP contribution in [0.4, 0.5) is 5.82 Å². The predicted octanol–water partition coefficient (Wildman–Crippen LogP) is 3.32. The molecule has 2 aromatic heterocycles. The fourth-order valence-corrected chi connectivity index (χ4v) is 2.42. The molecule has 98 valence electrons. The van der Waals surface area contributed by atoms with Crippen molar-refractivity contribution in [3.05, 3.63) is 40.0 Å². The van der Waals surface area contributed by atoms with E-state index >= 15 is 0 Å². The highest BCUT2D eigenvalue weighted by molar-refractivity contribution is 7.09. The molecular formula is C14H16N4S. The molecule has 0 aromatic carbocycles. The van der Waals surface area contributed by atoms with Gasteiger partial charge in [-0.1, -0.05) is 26.8 Å². The first-order chi connectivity index (χ1) is 8.99. The van der Waals surface area contributed by atoms with Crippen molar-refractivity contribution in [3.63, 3.8) is 0 Å². The van der Waals surface area contributed by atoms with Gasteiger partial charge < -0.3 is 5.32 Å². The number of hydrogen-bond donors (Lipinski definition) is 1. The third-order valence-electron chi connectivity index (χ3n) is 2.51. The van der Waals surface area contributed by atoms with Gasteiger partial charge in [0.15, 0.2) is 0 Å². The van der Waals surface area contributed by atoms with Crippen LogP contribution in [-0.4, -0.2) is 9.97 Å². The fraction of sp³-hybridized carbons (Fsp3) is 0.357. The fourth-order valence-electron chi connectivity index (χ4n) is 1.51. The monoisotopic (exact) mass is 272 g/mol. The molecule has 0 radical (unpaired) electrons. The van der Waals surface area contributed by atoms with E-state index in [1.807, 2.05) is 18.2 Å². The van der Waals surface area contributed by atoms with Crippen molar-refractivity contribution in [1.29, 1.82) is 5.26 Å². The maximum absolute atomic E-state index is 8.79. The highest BCUT2D eigenvalue weighted by atomic mass is 32.1. The van der Waals surface area contributed by atoms with Gasteiger partial charge in [-0.05, 0) is 12.1 Å². The number of nitrogens with one attached hydrogen (secondary N) is 1. The number of hydrogen-bond acceptors (Lipinski definition) is 5. The minimum Gasteiger partial charge on any atom is -0.364 e. The molecule has 0 amide bonds. The van der Waals surface area contributed by atoms with Gasteiger partial charge in [0.1, 0.15) is 17.6 Å². The molecule has 2 aromatic rings. The molecule has 19 heavy (non-hydrogen) atoms. The number of nitriles is 1. The average molecular weight is 272 g/mol. The van der Waals surface area contributed by atoms with Crippen LogP contribution < -0.4 is 5.32 Å². The molecule has 0 spiro atoms. The summed E-state index contributed by atoms with van der Waals surface area (Å²) in [4.78, 5) is 8.77. The van der Waals surface area contributed by atoms with E-state index in [1.165, 1.54) is 0 Å². The standard InChI is InChI=1S/C14H16N4S/c1-14(2,3)13-18-11(9-19-13)8-16-12-6-4-5-10(7-15)17-12/h4-6,9H,8H2,1-3H3,(H,16,17). The lowest BCUT2D eigenvalue weighted by atomic mass is 9.98. The molecule has 0 bridgehead atoms. The van der Waals surface area contributed by atoms with Crippen molar-refractivity contribution >= 4 is 17.2 Å². The van der Waals surface area contributed by atoms with Gasteiger partial charge in [-0.25, -0.2) is 9.97 Å². The Labute approximate surface area is 117 Å². The van der Waals surface area contributed by atoms with Crippen LogP contribution in [0, 0.1) is 11.3 Å². The van der Waals surface area contributed by atoms with Crippen molar-refractivity contribution in [3.8, 4) is 6.07 Å². The number of pyridine rings is 1. The highest BCUT2D eigenvalue weighted by Crippen LogP contribution is 2.25. The summed E-state index contributed by atoms with van der Waals surface area (Å²) in [5.74, 6) is 0.698. The molecule has 0 saturated heterocycles. The summed E-state index contributed by atoms with van der Waals surface area (Å²) < 4.78 is 0. The number of nitrogens with zero attached hydrogens (tertiary/aromatic N) is 3. The molecule has 0 saturated carbocycles. The molecule has 0 atom stereocenters. The third kappa shape index (κ3) is 3.52. The minimum absolute atomic E-state index is 0.0852. The van der Waals surface area contributed by atoms with Gasteiger partial charge in [-0.2, -0.15) is 5.26 Å². The first-order valence-corrected chi connectivity index (χ1v) is 6.93. The van der Waals surface area contributed by atoms with Crippen molar-refractivity contribution in [2.75, 3.05) is 5.32 Å². The summed E-state index contributed by atoms with van der Waals surface area (Å²) in [7, 11) is 0. The first kappa shape index (κ1) is 13.5. The molecule has 2 heterocycles. The minimum atomic E-state index is 0.0852. The smallest absolute Gasteiger partial charge is 0.142 e. The SMILES string of the molecule is CC(C)(C)c1nc(CNc2cccc(C#N)n2)cs1. The molecule has 0 unspecified atom stereocenters. The topological polar surface area (TPSA) is 61.6 Å². The van der Waals surface area contributed by atoms with Gasteiger partial charge in [-0.3, -0.25) is 0 Å². The maximum atomic E-state index is 8.79. The van der Waals surface area contributed by atoms with Crippen LogP contribution in [0.3, 0.4) is 0 Å². The lowest BCUT2D eigenvalue weighted by molar-refractivity contribution is 0.583. The van der Waals surface area contributed by atoms with Crippen LogP contribution in [0.1, 0.15) is 37.2 Å². The lowest BCUT2D eigenvalue weighted by Crippen LogP contribution is -2.11. The van der Waals surface area contributed by atoms with Crippen LogP contribution in [0.2, 0.25) is 0 Å². The van der Waals surface area contributed by atoms with Gasteiger partial charge in [0.2, 0.25) is 0 Å². The summed E-state index contributed by atoms with van der Waals surface area (Å²) in [5.41, 5.74) is 1.50. The Morgan fingerprint density at radius 3 is 2.74 bits per heavy atom. The van der Waals surface area contributed by atoms with E-state index in [4.69, 9.17) is 5.26 Å². The van der Waals surface area contributed by atoms with Crippen LogP contribution in [-0.2, 0) is 12.0 Å². The normalized spacial score (nSPS) is 11.1. The Hall–Kier alpha value is -1.93. The van der Waals surface area contributed by atoms with Gasteiger partial charge >= 0.3 is 0 Å². The third-order valence-corrected chi connectivity index (χ3v) is 3.82. The second-order valence-corrected chi connectivity index (χ2v) is 6.13. The van der Waals surface area contributed by atoms with Crippen LogP contribution in [0.5, 0.6) is 0 Å². The first-order valence-electron chi connectivity index (χ1n) is 6.05. The van der Waals surface area contributed by atoms with Crippen molar-refractivity contribution in [2.24, 2.45) is 0 Å². The van der Waals surface area contributed by atoms with Crippen molar-refractivity contribution in [2.45, 2.75) is 32.7 Å². The predicted molar refractivity (Wildman–Crippen MR) is 77.1 cm³/mol. The van der Waals surface area contributed by atoms with Gasteiger partial charge in [0.05, 0.1) is 17.2 Å². The zero-order chi connectivity index (χ0) is 13.9. The highest BCUT2D eigenvalue weighted by Gasteiger charge is 2.17. The molecule has 2 rings (SSSR count). The van der Waals surface area contributed by atoms with Crippen LogP contribution in [0.25, 0.3) is 0 Å². The molecule has 0 aliphatic carbocycles. The van der Waals surface area contributed by atoms with Gasteiger partial charge in [0, 0.05) is 10.8 Å². The largest absolute Gasteiger partial charge is 0.364 e. The van der Waals surface area contributed by atoms with Gasteiger partial charge in [-0.15, -0.1) is 11.3 Å². The van der Waals surface area contributed by atoms with Gasteiger partial charge in [0.25, 0.3) is 0 Å². The quantitative estimate of drug-likeness (QED) is 0.931.